The van der Waals surface area contributed by atoms with Crippen molar-refractivity contribution in [1.29, 1.82) is 0 Å². The average molecular weight is 426 g/mol. The van der Waals surface area contributed by atoms with Crippen molar-refractivity contribution in [2.75, 3.05) is 5.32 Å². The molecule has 0 atom stereocenters. The fraction of sp³-hybridized carbons (Fsp3) is 0.0625. The second-order valence-electron chi connectivity index (χ2n) is 5.45. The van der Waals surface area contributed by atoms with Gasteiger partial charge in [-0.3, -0.25) is 10.1 Å². The number of aryl methyl sites for hydroxylation is 1. The van der Waals surface area contributed by atoms with E-state index in [0.717, 1.165) is 11.8 Å². The van der Waals surface area contributed by atoms with Crippen LogP contribution in [-0.4, -0.2) is 30.7 Å². The molecule has 0 spiro atoms. The Morgan fingerprint density at radius 3 is 2.59 bits per heavy atom. The van der Waals surface area contributed by atoms with Crippen LogP contribution < -0.4 is 10.6 Å². The smallest absolute Gasteiger partial charge is 0.409 e. The van der Waals surface area contributed by atoms with Crippen molar-refractivity contribution in [1.82, 2.24) is 5.32 Å². The number of anilines is 1. The van der Waals surface area contributed by atoms with Crippen LogP contribution in [0.15, 0.2) is 50.6 Å². The zero-order valence-corrected chi connectivity index (χ0v) is 16.1. The molecule has 0 fully saturated rings. The number of carbonyl (C=O) groups is 2. The second-order valence-corrected chi connectivity index (χ2v) is 8.46. The van der Waals surface area contributed by atoms with E-state index in [0.29, 0.717) is 15.5 Å². The van der Waals surface area contributed by atoms with Crippen molar-refractivity contribution in [3.63, 3.8) is 0 Å². The fourth-order valence-corrected chi connectivity index (χ4v) is 5.12. The number of fused-ring (bicyclic) bond motifs is 1. The number of sulfonamides is 1. The lowest BCUT2D eigenvalue weighted by atomic mass is 10.1. The molecule has 2 amide bonds. The van der Waals surface area contributed by atoms with E-state index in [1.54, 1.807) is 19.1 Å². The van der Waals surface area contributed by atoms with Gasteiger partial charge in [0.25, 0.3) is 15.9 Å². The number of amidine groups is 1. The summed E-state index contributed by atoms with van der Waals surface area (Å²) in [5.41, 5.74) is 0.676. The molecule has 2 aromatic carbocycles. The van der Waals surface area contributed by atoms with Gasteiger partial charge >= 0.3 is 6.09 Å². The van der Waals surface area contributed by atoms with Gasteiger partial charge in [0.2, 0.25) is 0 Å². The Kier molecular flexibility index (Phi) is 5.13. The lowest BCUT2D eigenvalue weighted by Crippen LogP contribution is -2.31. The van der Waals surface area contributed by atoms with E-state index in [1.165, 1.54) is 24.3 Å². The lowest BCUT2D eigenvalue weighted by Gasteiger charge is -2.17. The number of halogens is 1. The number of rotatable bonds is 2. The normalized spacial score (nSPS) is 14.7. The van der Waals surface area contributed by atoms with Crippen LogP contribution in [0, 0.1) is 6.92 Å². The molecule has 0 unspecified atom stereocenters. The molecule has 1 aliphatic rings. The largest absolute Gasteiger partial charge is 0.465 e. The quantitative estimate of drug-likeness (QED) is 0.677. The molecular formula is C16H12ClN3O5S2. The van der Waals surface area contributed by atoms with Crippen molar-refractivity contribution in [3.8, 4) is 0 Å². The Morgan fingerprint density at radius 2 is 1.89 bits per heavy atom. The summed E-state index contributed by atoms with van der Waals surface area (Å²) in [6.07, 6.45) is -1.33. The van der Waals surface area contributed by atoms with Gasteiger partial charge in [0.15, 0.2) is 5.17 Å². The highest BCUT2D eigenvalue weighted by atomic mass is 35.5. The van der Waals surface area contributed by atoms with Gasteiger partial charge in [-0.1, -0.05) is 23.7 Å². The van der Waals surface area contributed by atoms with Gasteiger partial charge < -0.3 is 10.4 Å². The first-order chi connectivity index (χ1) is 12.7. The van der Waals surface area contributed by atoms with Gasteiger partial charge in [0, 0.05) is 9.92 Å². The Labute approximate surface area is 163 Å². The number of thioether (sulfide) groups is 1. The van der Waals surface area contributed by atoms with Gasteiger partial charge in [-0.15, -0.1) is 4.40 Å². The number of nitrogens with one attached hydrogen (secondary N) is 2. The maximum Gasteiger partial charge on any atom is 0.409 e. The van der Waals surface area contributed by atoms with E-state index in [1.807, 2.05) is 0 Å². The van der Waals surface area contributed by atoms with E-state index in [-0.39, 0.29) is 21.3 Å². The molecule has 8 nitrogen and oxygen atoms in total. The van der Waals surface area contributed by atoms with E-state index < -0.39 is 22.0 Å². The Balaban J connectivity index is 1.91. The Hall–Kier alpha value is -2.56. The van der Waals surface area contributed by atoms with Crippen molar-refractivity contribution in [2.45, 2.75) is 16.7 Å². The zero-order valence-electron chi connectivity index (χ0n) is 13.7. The average Bonchev–Trinajstić information content (AvgIpc) is 2.56. The third-order valence-corrected chi connectivity index (χ3v) is 6.46. The molecule has 0 bridgehead atoms. The molecular weight excluding hydrogens is 414 g/mol. The monoisotopic (exact) mass is 425 g/mol. The molecule has 0 aromatic heterocycles. The number of hydrogen-bond acceptors (Lipinski definition) is 5. The summed E-state index contributed by atoms with van der Waals surface area (Å²) < 4.78 is 28.4. The lowest BCUT2D eigenvalue weighted by molar-refractivity contribution is 0.0979. The summed E-state index contributed by atoms with van der Waals surface area (Å²) in [4.78, 5) is 23.7. The molecule has 11 heteroatoms. The number of benzene rings is 2. The molecule has 0 radical (unpaired) electrons. The summed E-state index contributed by atoms with van der Waals surface area (Å²) in [6.45, 7) is 1.68. The van der Waals surface area contributed by atoms with E-state index in [9.17, 15) is 18.0 Å². The molecule has 0 saturated carbocycles. The van der Waals surface area contributed by atoms with Crippen LogP contribution in [0.4, 0.5) is 10.5 Å². The van der Waals surface area contributed by atoms with Gasteiger partial charge in [0.1, 0.15) is 4.90 Å². The summed E-state index contributed by atoms with van der Waals surface area (Å²) >= 11 is 7.00. The molecule has 1 aliphatic heterocycles. The molecule has 0 saturated heterocycles. The van der Waals surface area contributed by atoms with Crippen LogP contribution in [0.1, 0.15) is 15.9 Å². The number of para-hydroxylation sites is 1. The zero-order chi connectivity index (χ0) is 19.8. The van der Waals surface area contributed by atoms with Crippen LogP contribution >= 0.6 is 23.4 Å². The summed E-state index contributed by atoms with van der Waals surface area (Å²) in [5, 5.41) is 13.6. The van der Waals surface area contributed by atoms with Crippen LogP contribution in [0.5, 0.6) is 0 Å². The van der Waals surface area contributed by atoms with E-state index in [2.05, 4.69) is 15.0 Å². The minimum absolute atomic E-state index is 0.0142. The number of hydrogen-bond donors (Lipinski definition) is 3. The Bertz CT molecular complexity index is 1100. The fourth-order valence-electron chi connectivity index (χ4n) is 2.32. The SMILES string of the molecule is Cc1cc2c(cc1Cl)SC(NC(=O)c1ccccc1NC(=O)O)=NS2(=O)=O. The molecule has 1 heterocycles. The van der Waals surface area contributed by atoms with Crippen LogP contribution in [0.3, 0.4) is 0 Å². The van der Waals surface area contributed by atoms with Crippen LogP contribution in [-0.2, 0) is 10.0 Å². The number of nitrogens with zero attached hydrogens (tertiary/aromatic N) is 1. The molecule has 3 N–H and O–H groups in total. The maximum atomic E-state index is 12.5. The third kappa shape index (κ3) is 4.07. The number of carbonyl (C=O) groups excluding carboxylic acids is 1. The first kappa shape index (κ1) is 19.2. The molecule has 27 heavy (non-hydrogen) atoms. The first-order valence-corrected chi connectivity index (χ1v) is 10.0. The highest BCUT2D eigenvalue weighted by Gasteiger charge is 2.28. The number of amides is 2. The maximum absolute atomic E-state index is 12.5. The van der Waals surface area contributed by atoms with Crippen molar-refractivity contribution < 1.29 is 23.1 Å². The summed E-state index contributed by atoms with van der Waals surface area (Å²) in [5.74, 6) is -0.706. The van der Waals surface area contributed by atoms with Gasteiger partial charge in [-0.25, -0.2) is 4.79 Å². The number of carboxylic acid groups (broad SMARTS) is 1. The minimum Gasteiger partial charge on any atom is -0.465 e. The molecule has 140 valence electrons. The van der Waals surface area contributed by atoms with E-state index >= 15 is 0 Å². The minimum atomic E-state index is -4.00. The summed E-state index contributed by atoms with van der Waals surface area (Å²) in [6, 6.07) is 8.83. The standard InChI is InChI=1S/C16H12ClN3O5S2/c1-8-6-13-12(7-10(8)17)26-15(20-27(13,24)25)19-14(21)9-4-2-3-5-11(9)18-16(22)23/h2-7,18H,1H3,(H,22,23)(H,19,20,21). The van der Waals surface area contributed by atoms with Gasteiger partial charge in [-0.2, -0.15) is 8.42 Å². The molecule has 0 aliphatic carbocycles. The second kappa shape index (κ2) is 7.22. The Morgan fingerprint density at radius 1 is 1.19 bits per heavy atom. The highest BCUT2D eigenvalue weighted by molar-refractivity contribution is 8.15. The van der Waals surface area contributed by atoms with Crippen LogP contribution in [0.2, 0.25) is 5.02 Å². The van der Waals surface area contributed by atoms with Crippen molar-refractivity contribution in [3.05, 3.63) is 52.5 Å². The molecule has 2 aromatic rings. The topological polar surface area (TPSA) is 125 Å². The van der Waals surface area contributed by atoms with Crippen molar-refractivity contribution >= 4 is 56.2 Å². The molecule has 3 rings (SSSR count). The summed E-state index contributed by atoms with van der Waals surface area (Å²) in [7, 11) is -4.00. The predicted molar refractivity (Wildman–Crippen MR) is 102 cm³/mol. The van der Waals surface area contributed by atoms with Gasteiger partial charge in [0.05, 0.1) is 11.3 Å². The van der Waals surface area contributed by atoms with Crippen LogP contribution in [0.25, 0.3) is 0 Å². The first-order valence-electron chi connectivity index (χ1n) is 7.40. The third-order valence-electron chi connectivity index (χ3n) is 3.55. The predicted octanol–water partition coefficient (Wildman–Crippen LogP) is 3.32. The van der Waals surface area contributed by atoms with Gasteiger partial charge in [-0.05, 0) is 48.5 Å². The van der Waals surface area contributed by atoms with E-state index in [4.69, 9.17) is 16.7 Å². The van der Waals surface area contributed by atoms with Crippen molar-refractivity contribution in [2.24, 2.45) is 4.40 Å². The highest BCUT2D eigenvalue weighted by Crippen LogP contribution is 2.37.